The first-order valence-electron chi connectivity index (χ1n) is 4.98. The number of aryl methyl sites for hydroxylation is 1. The molecule has 0 saturated carbocycles. The Labute approximate surface area is 96.8 Å². The van der Waals surface area contributed by atoms with E-state index in [9.17, 15) is 18.0 Å². The number of hydrogen-bond acceptors (Lipinski definition) is 2. The summed E-state index contributed by atoms with van der Waals surface area (Å²) in [5.74, 6) is -4.80. The Balaban J connectivity index is 2.71. The van der Waals surface area contributed by atoms with Crippen molar-refractivity contribution < 1.29 is 18.0 Å². The fraction of sp³-hybridized carbons (Fsp3) is 0.364. The zero-order valence-corrected chi connectivity index (χ0v) is 9.27. The van der Waals surface area contributed by atoms with E-state index in [0.717, 1.165) is 6.07 Å². The molecule has 0 spiro atoms. The summed E-state index contributed by atoms with van der Waals surface area (Å²) < 4.78 is 38.8. The second kappa shape index (κ2) is 5.18. The Hall–Kier alpha value is -1.56. The van der Waals surface area contributed by atoms with Crippen LogP contribution >= 0.6 is 0 Å². The van der Waals surface area contributed by atoms with Crippen molar-refractivity contribution in [3.05, 3.63) is 35.1 Å². The van der Waals surface area contributed by atoms with E-state index in [1.807, 2.05) is 5.32 Å². The minimum atomic E-state index is -3.18. The van der Waals surface area contributed by atoms with E-state index in [0.29, 0.717) is 5.56 Å². The van der Waals surface area contributed by atoms with E-state index < -0.39 is 30.7 Å². The van der Waals surface area contributed by atoms with Crippen LogP contribution in [0.5, 0.6) is 0 Å². The molecule has 3 N–H and O–H groups in total. The Morgan fingerprint density at radius 3 is 2.65 bits per heavy atom. The van der Waals surface area contributed by atoms with E-state index in [1.165, 1.54) is 12.1 Å². The zero-order chi connectivity index (χ0) is 13.1. The van der Waals surface area contributed by atoms with Crippen LogP contribution in [0.3, 0.4) is 0 Å². The summed E-state index contributed by atoms with van der Waals surface area (Å²) >= 11 is 0. The highest BCUT2D eigenvalue weighted by Gasteiger charge is 2.27. The molecule has 0 atom stereocenters. The molecule has 3 nitrogen and oxygen atoms in total. The highest BCUT2D eigenvalue weighted by atomic mass is 19.3. The van der Waals surface area contributed by atoms with Gasteiger partial charge in [0.1, 0.15) is 5.82 Å². The number of alkyl halides is 2. The first kappa shape index (κ1) is 13.5. The Morgan fingerprint density at radius 1 is 1.47 bits per heavy atom. The average molecular weight is 246 g/mol. The smallest absolute Gasteiger partial charge is 0.277 e. The van der Waals surface area contributed by atoms with Crippen LogP contribution in [0.15, 0.2) is 18.2 Å². The zero-order valence-electron chi connectivity index (χ0n) is 9.27. The molecule has 0 aliphatic carbocycles. The van der Waals surface area contributed by atoms with Gasteiger partial charge in [0.2, 0.25) is 0 Å². The van der Waals surface area contributed by atoms with E-state index in [1.54, 1.807) is 6.92 Å². The summed E-state index contributed by atoms with van der Waals surface area (Å²) in [5, 5.41) is 1.94. The Morgan fingerprint density at radius 2 is 2.12 bits per heavy atom. The van der Waals surface area contributed by atoms with Crippen molar-refractivity contribution in [2.75, 3.05) is 13.1 Å². The molecule has 0 saturated heterocycles. The van der Waals surface area contributed by atoms with Crippen molar-refractivity contribution in [3.63, 3.8) is 0 Å². The fourth-order valence-electron chi connectivity index (χ4n) is 1.18. The first-order chi connectivity index (χ1) is 7.85. The van der Waals surface area contributed by atoms with Gasteiger partial charge in [-0.3, -0.25) is 4.79 Å². The summed E-state index contributed by atoms with van der Waals surface area (Å²) in [7, 11) is 0. The van der Waals surface area contributed by atoms with Gasteiger partial charge < -0.3 is 11.1 Å². The minimum absolute atomic E-state index is 0.261. The molecule has 1 aromatic rings. The normalized spacial score (nSPS) is 11.4. The summed E-state index contributed by atoms with van der Waals surface area (Å²) in [6.45, 7) is -0.118. The second-order valence-corrected chi connectivity index (χ2v) is 3.73. The number of nitrogens with two attached hydrogens (primary N) is 1. The topological polar surface area (TPSA) is 55.1 Å². The van der Waals surface area contributed by atoms with Crippen LogP contribution in [0.25, 0.3) is 0 Å². The molecule has 0 heterocycles. The van der Waals surface area contributed by atoms with Crippen LogP contribution < -0.4 is 11.1 Å². The lowest BCUT2D eigenvalue weighted by Crippen LogP contribution is -2.41. The molecule has 1 aromatic carbocycles. The molecule has 0 aliphatic heterocycles. The second-order valence-electron chi connectivity index (χ2n) is 3.73. The number of halogens is 3. The lowest BCUT2D eigenvalue weighted by atomic mass is 10.1. The van der Waals surface area contributed by atoms with Crippen molar-refractivity contribution >= 4 is 5.91 Å². The van der Waals surface area contributed by atoms with Gasteiger partial charge in [0, 0.05) is 0 Å². The van der Waals surface area contributed by atoms with Crippen molar-refractivity contribution in [3.8, 4) is 0 Å². The molecule has 17 heavy (non-hydrogen) atoms. The molecule has 0 fully saturated rings. The van der Waals surface area contributed by atoms with Crippen LogP contribution in [0.1, 0.15) is 15.9 Å². The van der Waals surface area contributed by atoms with Gasteiger partial charge in [0.05, 0.1) is 18.7 Å². The van der Waals surface area contributed by atoms with Gasteiger partial charge in [0.25, 0.3) is 11.8 Å². The number of benzene rings is 1. The van der Waals surface area contributed by atoms with Gasteiger partial charge in [-0.1, -0.05) is 6.07 Å². The third kappa shape index (κ3) is 3.74. The number of hydrogen-bond donors (Lipinski definition) is 2. The fourth-order valence-corrected chi connectivity index (χ4v) is 1.18. The number of nitrogens with one attached hydrogen (secondary N) is 1. The Bertz CT molecular complexity index is 421. The van der Waals surface area contributed by atoms with Crippen LogP contribution in [0.4, 0.5) is 13.2 Å². The van der Waals surface area contributed by atoms with E-state index in [2.05, 4.69) is 0 Å². The van der Waals surface area contributed by atoms with Crippen molar-refractivity contribution in [2.45, 2.75) is 12.8 Å². The molecule has 6 heteroatoms. The SMILES string of the molecule is Cc1ccc(C(=O)NCC(F)(F)CN)c(F)c1. The van der Waals surface area contributed by atoms with Crippen LogP contribution in [-0.2, 0) is 0 Å². The number of rotatable bonds is 4. The molecule has 1 rings (SSSR count). The number of carbonyl (C=O) groups is 1. The third-order valence-electron chi connectivity index (χ3n) is 2.18. The highest BCUT2D eigenvalue weighted by Crippen LogP contribution is 2.12. The van der Waals surface area contributed by atoms with Crippen molar-refractivity contribution in [2.24, 2.45) is 5.73 Å². The van der Waals surface area contributed by atoms with Crippen molar-refractivity contribution in [1.29, 1.82) is 0 Å². The average Bonchev–Trinajstić information content (AvgIpc) is 2.26. The quantitative estimate of drug-likeness (QED) is 0.845. The van der Waals surface area contributed by atoms with Gasteiger partial charge in [0.15, 0.2) is 0 Å². The first-order valence-corrected chi connectivity index (χ1v) is 4.98. The maximum Gasteiger partial charge on any atom is 0.277 e. The van der Waals surface area contributed by atoms with Gasteiger partial charge >= 0.3 is 0 Å². The Kier molecular flexibility index (Phi) is 4.11. The summed E-state index contributed by atoms with van der Waals surface area (Å²) in [6, 6.07) is 3.94. The molecular weight excluding hydrogens is 233 g/mol. The van der Waals surface area contributed by atoms with Crippen molar-refractivity contribution in [1.82, 2.24) is 5.32 Å². The predicted octanol–water partition coefficient (Wildman–Crippen LogP) is 1.46. The van der Waals surface area contributed by atoms with Crippen LogP contribution in [0, 0.1) is 12.7 Å². The van der Waals surface area contributed by atoms with Gasteiger partial charge in [-0.2, -0.15) is 0 Å². The maximum atomic E-state index is 13.3. The highest BCUT2D eigenvalue weighted by molar-refractivity contribution is 5.94. The number of amides is 1. The van der Waals surface area contributed by atoms with Gasteiger partial charge in [-0.05, 0) is 24.6 Å². The van der Waals surface area contributed by atoms with Gasteiger partial charge in [-0.25, -0.2) is 13.2 Å². The molecule has 94 valence electrons. The maximum absolute atomic E-state index is 13.3. The molecule has 0 bridgehead atoms. The molecule has 0 aliphatic rings. The molecular formula is C11H13F3N2O. The molecule has 1 amide bonds. The standard InChI is InChI=1S/C11H13F3N2O/c1-7-2-3-8(9(12)4-7)10(17)16-6-11(13,14)5-15/h2-4H,5-6,15H2,1H3,(H,16,17). The van der Waals surface area contributed by atoms with Crippen LogP contribution in [-0.4, -0.2) is 24.9 Å². The third-order valence-corrected chi connectivity index (χ3v) is 2.18. The van der Waals surface area contributed by atoms with Gasteiger partial charge in [-0.15, -0.1) is 0 Å². The molecule has 0 aromatic heterocycles. The lowest BCUT2D eigenvalue weighted by molar-refractivity contribution is 0.0118. The largest absolute Gasteiger partial charge is 0.346 e. The van der Waals surface area contributed by atoms with E-state index in [-0.39, 0.29) is 5.56 Å². The minimum Gasteiger partial charge on any atom is -0.346 e. The number of carbonyl (C=O) groups excluding carboxylic acids is 1. The lowest BCUT2D eigenvalue weighted by Gasteiger charge is -2.14. The van der Waals surface area contributed by atoms with E-state index in [4.69, 9.17) is 5.73 Å². The monoisotopic (exact) mass is 246 g/mol. The summed E-state index contributed by atoms with van der Waals surface area (Å²) in [4.78, 5) is 11.4. The summed E-state index contributed by atoms with van der Waals surface area (Å²) in [6.07, 6.45) is 0. The molecule has 0 radical (unpaired) electrons. The predicted molar refractivity (Wildman–Crippen MR) is 57.5 cm³/mol. The van der Waals surface area contributed by atoms with E-state index >= 15 is 0 Å². The van der Waals surface area contributed by atoms with Crippen LogP contribution in [0.2, 0.25) is 0 Å². The molecule has 0 unspecified atom stereocenters. The summed E-state index contributed by atoms with van der Waals surface area (Å²) in [5.41, 5.74) is 5.19.